The van der Waals surface area contributed by atoms with E-state index in [0.717, 1.165) is 45.2 Å². The highest BCUT2D eigenvalue weighted by Gasteiger charge is 2.28. The molecule has 0 spiro atoms. The Kier molecular flexibility index (Phi) is 5.84. The molecule has 3 atom stereocenters. The van der Waals surface area contributed by atoms with Gasteiger partial charge in [0, 0.05) is 44.3 Å². The van der Waals surface area contributed by atoms with Gasteiger partial charge < -0.3 is 20.2 Å². The number of nitrogens with one attached hydrogen (secondary N) is 1. The van der Waals surface area contributed by atoms with Gasteiger partial charge in [-0.1, -0.05) is 24.1 Å². The Bertz CT molecular complexity index is 575. The summed E-state index contributed by atoms with van der Waals surface area (Å²) in [5.74, 6) is 0.228. The molecule has 5 heteroatoms. The van der Waals surface area contributed by atoms with Crippen molar-refractivity contribution >= 4 is 11.7 Å². The van der Waals surface area contributed by atoms with Gasteiger partial charge in [0.15, 0.2) is 0 Å². The minimum Gasteiger partial charge on any atom is -0.393 e. The molecule has 3 unspecified atom stereocenters. The topological polar surface area (TPSA) is 55.8 Å². The zero-order valence-corrected chi connectivity index (χ0v) is 15.4. The summed E-state index contributed by atoms with van der Waals surface area (Å²) in [4.78, 5) is 16.6. The van der Waals surface area contributed by atoms with Crippen molar-refractivity contribution in [3.05, 3.63) is 29.8 Å². The number of benzene rings is 1. The van der Waals surface area contributed by atoms with Crippen LogP contribution in [0.15, 0.2) is 24.3 Å². The third-order valence-electron chi connectivity index (χ3n) is 5.62. The molecular weight excluding hydrogens is 314 g/mol. The number of carbonyl (C=O) groups is 1. The van der Waals surface area contributed by atoms with E-state index in [1.165, 1.54) is 11.3 Å². The lowest BCUT2D eigenvalue weighted by Gasteiger charge is -2.36. The highest BCUT2D eigenvalue weighted by Crippen LogP contribution is 2.26. The summed E-state index contributed by atoms with van der Waals surface area (Å²) in [5.41, 5.74) is 2.49. The van der Waals surface area contributed by atoms with Crippen LogP contribution >= 0.6 is 0 Å². The number of aliphatic hydroxyl groups is 1. The molecule has 2 N–H and O–H groups in total. The van der Waals surface area contributed by atoms with E-state index in [2.05, 4.69) is 41.4 Å². The number of hydrogen-bond donors (Lipinski definition) is 2. The lowest BCUT2D eigenvalue weighted by molar-refractivity contribution is 0.113. The molecule has 1 aromatic carbocycles. The monoisotopic (exact) mass is 345 g/mol. The second-order valence-electron chi connectivity index (χ2n) is 7.71. The molecule has 2 fully saturated rings. The Morgan fingerprint density at radius 3 is 2.68 bits per heavy atom. The minimum absolute atomic E-state index is 0.0187. The van der Waals surface area contributed by atoms with Crippen LogP contribution in [0.25, 0.3) is 0 Å². The van der Waals surface area contributed by atoms with Crippen LogP contribution in [-0.2, 0) is 0 Å². The van der Waals surface area contributed by atoms with Crippen molar-refractivity contribution in [1.29, 1.82) is 0 Å². The van der Waals surface area contributed by atoms with E-state index in [0.29, 0.717) is 6.54 Å². The van der Waals surface area contributed by atoms with Gasteiger partial charge in [-0.25, -0.2) is 4.79 Å². The Morgan fingerprint density at radius 2 is 2.00 bits per heavy atom. The van der Waals surface area contributed by atoms with Gasteiger partial charge in [-0.15, -0.1) is 0 Å². The molecule has 1 aliphatic heterocycles. The van der Waals surface area contributed by atoms with E-state index in [9.17, 15) is 9.90 Å². The van der Waals surface area contributed by atoms with Crippen LogP contribution in [0.2, 0.25) is 0 Å². The summed E-state index contributed by atoms with van der Waals surface area (Å²) < 4.78 is 0. The molecule has 1 aromatic rings. The first kappa shape index (κ1) is 18.1. The summed E-state index contributed by atoms with van der Waals surface area (Å²) in [7, 11) is 1.83. The molecule has 0 bridgehead atoms. The maximum absolute atomic E-state index is 12.5. The summed E-state index contributed by atoms with van der Waals surface area (Å²) >= 11 is 0. The molecular formula is C20H31N3O2. The lowest BCUT2D eigenvalue weighted by atomic mass is 10.0. The fourth-order valence-electron chi connectivity index (χ4n) is 4.03. The molecule has 2 aliphatic rings. The van der Waals surface area contributed by atoms with E-state index in [-0.39, 0.29) is 24.1 Å². The number of urea groups is 1. The third kappa shape index (κ3) is 4.66. The Balaban J connectivity index is 1.51. The van der Waals surface area contributed by atoms with Gasteiger partial charge in [0.05, 0.1) is 6.10 Å². The Hall–Kier alpha value is -1.75. The average Bonchev–Trinajstić information content (AvgIpc) is 3.00. The van der Waals surface area contributed by atoms with E-state index in [4.69, 9.17) is 0 Å². The van der Waals surface area contributed by atoms with Gasteiger partial charge in [-0.2, -0.15) is 0 Å². The predicted molar refractivity (Wildman–Crippen MR) is 101 cm³/mol. The van der Waals surface area contributed by atoms with Crippen molar-refractivity contribution in [2.75, 3.05) is 31.6 Å². The van der Waals surface area contributed by atoms with Crippen LogP contribution < -0.4 is 10.2 Å². The normalized spacial score (nSPS) is 26.5. The third-order valence-corrected chi connectivity index (χ3v) is 5.62. The number of carbonyl (C=O) groups excluding carboxylic acids is 1. The summed E-state index contributed by atoms with van der Waals surface area (Å²) in [6.07, 6.45) is 4.81. The predicted octanol–water partition coefficient (Wildman–Crippen LogP) is 2.77. The highest BCUT2D eigenvalue weighted by atomic mass is 16.3. The number of piperidine rings is 1. The number of nitrogens with zero attached hydrogens (tertiary/aromatic N) is 2. The summed E-state index contributed by atoms with van der Waals surface area (Å²) in [6.45, 7) is 4.63. The Morgan fingerprint density at radius 1 is 1.24 bits per heavy atom. The zero-order chi connectivity index (χ0) is 17.8. The highest BCUT2D eigenvalue weighted by molar-refractivity contribution is 5.74. The molecule has 25 heavy (non-hydrogen) atoms. The number of amides is 2. The standard InChI is InChI=1S/C20H31N3O2/c1-15-8-10-18(11-9-15)23-12-4-6-17(14-23)21-20(25)22(2)13-16-5-3-7-19(16)24/h8-11,16-17,19,24H,3-7,12-14H2,1-2H3,(H,21,25). The minimum atomic E-state index is -0.248. The van der Waals surface area contributed by atoms with Gasteiger partial charge in [-0.05, 0) is 44.7 Å². The van der Waals surface area contributed by atoms with Gasteiger partial charge >= 0.3 is 6.03 Å². The number of hydrogen-bond acceptors (Lipinski definition) is 3. The number of rotatable bonds is 4. The van der Waals surface area contributed by atoms with Gasteiger partial charge in [-0.3, -0.25) is 0 Å². The second kappa shape index (κ2) is 8.09. The first-order valence-electron chi connectivity index (χ1n) is 9.54. The number of anilines is 1. The molecule has 5 nitrogen and oxygen atoms in total. The van der Waals surface area contributed by atoms with Crippen LogP contribution in [0.5, 0.6) is 0 Å². The summed E-state index contributed by atoms with van der Waals surface area (Å²) in [5, 5.41) is 13.1. The van der Waals surface area contributed by atoms with Crippen molar-refractivity contribution in [3.8, 4) is 0 Å². The van der Waals surface area contributed by atoms with Crippen molar-refractivity contribution in [1.82, 2.24) is 10.2 Å². The molecule has 1 saturated carbocycles. The largest absolute Gasteiger partial charge is 0.393 e. The lowest BCUT2D eigenvalue weighted by Crippen LogP contribution is -2.51. The first-order chi connectivity index (χ1) is 12.0. The van der Waals surface area contributed by atoms with Crippen LogP contribution in [-0.4, -0.2) is 54.9 Å². The van der Waals surface area contributed by atoms with Gasteiger partial charge in [0.25, 0.3) is 0 Å². The molecule has 0 radical (unpaired) electrons. The van der Waals surface area contributed by atoms with Crippen LogP contribution in [0.3, 0.4) is 0 Å². The van der Waals surface area contributed by atoms with Crippen molar-refractivity contribution in [2.45, 2.75) is 51.2 Å². The average molecular weight is 345 g/mol. The fraction of sp³-hybridized carbons (Fsp3) is 0.650. The number of aryl methyl sites for hydroxylation is 1. The van der Waals surface area contributed by atoms with E-state index >= 15 is 0 Å². The Labute approximate surface area is 151 Å². The maximum Gasteiger partial charge on any atom is 0.317 e. The van der Waals surface area contributed by atoms with E-state index in [1.807, 2.05) is 7.05 Å². The number of aliphatic hydroxyl groups excluding tert-OH is 1. The quantitative estimate of drug-likeness (QED) is 0.882. The molecule has 0 aromatic heterocycles. The maximum atomic E-state index is 12.5. The molecule has 1 heterocycles. The molecule has 1 aliphatic carbocycles. The van der Waals surface area contributed by atoms with E-state index < -0.39 is 0 Å². The van der Waals surface area contributed by atoms with Crippen LogP contribution in [0.4, 0.5) is 10.5 Å². The second-order valence-corrected chi connectivity index (χ2v) is 7.71. The van der Waals surface area contributed by atoms with E-state index in [1.54, 1.807) is 4.90 Å². The molecule has 138 valence electrons. The van der Waals surface area contributed by atoms with Crippen LogP contribution in [0, 0.1) is 12.8 Å². The van der Waals surface area contributed by atoms with Crippen molar-refractivity contribution < 1.29 is 9.90 Å². The van der Waals surface area contributed by atoms with Crippen molar-refractivity contribution in [2.24, 2.45) is 5.92 Å². The smallest absolute Gasteiger partial charge is 0.317 e. The fourth-order valence-corrected chi connectivity index (χ4v) is 4.03. The van der Waals surface area contributed by atoms with Crippen LogP contribution in [0.1, 0.15) is 37.7 Å². The van der Waals surface area contributed by atoms with Crippen molar-refractivity contribution in [3.63, 3.8) is 0 Å². The SMILES string of the molecule is Cc1ccc(N2CCCC(NC(=O)N(C)CC3CCCC3O)C2)cc1. The molecule has 1 saturated heterocycles. The van der Waals surface area contributed by atoms with Gasteiger partial charge in [0.2, 0.25) is 0 Å². The molecule has 2 amide bonds. The summed E-state index contributed by atoms with van der Waals surface area (Å²) in [6, 6.07) is 8.75. The van der Waals surface area contributed by atoms with Gasteiger partial charge in [0.1, 0.15) is 0 Å². The molecule has 3 rings (SSSR count). The first-order valence-corrected chi connectivity index (χ1v) is 9.54. The zero-order valence-electron chi connectivity index (χ0n) is 15.4.